The number of carbonyl (C=O) groups excluding carboxylic acids is 1. The molecule has 32 heavy (non-hydrogen) atoms. The number of rotatable bonds is 7. The normalized spacial score (nSPS) is 11.0. The van der Waals surface area contributed by atoms with Gasteiger partial charge in [-0.1, -0.05) is 24.3 Å². The van der Waals surface area contributed by atoms with E-state index in [1.54, 1.807) is 12.1 Å². The molecule has 0 saturated carbocycles. The van der Waals surface area contributed by atoms with Gasteiger partial charge in [0, 0.05) is 23.1 Å². The van der Waals surface area contributed by atoms with Crippen LogP contribution in [-0.2, 0) is 11.2 Å². The Morgan fingerprint density at radius 3 is 2.62 bits per heavy atom. The van der Waals surface area contributed by atoms with Gasteiger partial charge in [0.2, 0.25) is 11.8 Å². The van der Waals surface area contributed by atoms with E-state index < -0.39 is 5.82 Å². The Labute approximate surface area is 186 Å². The summed E-state index contributed by atoms with van der Waals surface area (Å²) in [6.45, 7) is 6.33. The first-order valence-corrected chi connectivity index (χ1v) is 10.6. The van der Waals surface area contributed by atoms with Crippen molar-refractivity contribution in [3.8, 4) is 11.6 Å². The van der Waals surface area contributed by atoms with Gasteiger partial charge in [0.1, 0.15) is 5.82 Å². The summed E-state index contributed by atoms with van der Waals surface area (Å²) in [5, 5.41) is 8.40. The van der Waals surface area contributed by atoms with Crippen LogP contribution in [0.4, 0.5) is 10.1 Å². The number of benzene rings is 2. The molecule has 0 saturated heterocycles. The molecule has 2 aromatic heterocycles. The number of ether oxygens (including phenoxy) is 1. The number of anilines is 1. The molecule has 2 aromatic carbocycles. The van der Waals surface area contributed by atoms with Crippen LogP contribution in [0.1, 0.15) is 30.2 Å². The van der Waals surface area contributed by atoms with Crippen molar-refractivity contribution in [1.29, 1.82) is 0 Å². The minimum atomic E-state index is -0.391. The van der Waals surface area contributed by atoms with Gasteiger partial charge in [0.05, 0.1) is 18.0 Å². The molecule has 0 spiro atoms. The Bertz CT molecular complexity index is 1270. The second kappa shape index (κ2) is 9.18. The summed E-state index contributed by atoms with van der Waals surface area (Å²) in [5.74, 6) is -0.0831. The van der Waals surface area contributed by atoms with E-state index in [2.05, 4.69) is 5.32 Å². The number of aryl methyl sites for hydroxylation is 2. The fourth-order valence-corrected chi connectivity index (χ4v) is 3.86. The Morgan fingerprint density at radius 2 is 1.91 bits per heavy atom. The molecule has 0 radical (unpaired) electrons. The fraction of sp³-hybridized carbons (Fsp3) is 0.240. The fourth-order valence-electron chi connectivity index (χ4n) is 3.86. The van der Waals surface area contributed by atoms with Crippen LogP contribution in [0, 0.1) is 19.7 Å². The first kappa shape index (κ1) is 21.5. The van der Waals surface area contributed by atoms with Crippen LogP contribution < -0.4 is 10.1 Å². The summed E-state index contributed by atoms with van der Waals surface area (Å²) in [7, 11) is 0. The van der Waals surface area contributed by atoms with E-state index in [-0.39, 0.29) is 12.3 Å². The molecule has 7 heteroatoms. The summed E-state index contributed by atoms with van der Waals surface area (Å²) >= 11 is 0. The average Bonchev–Trinajstić information content (AvgIpc) is 3.10. The highest BCUT2D eigenvalue weighted by Gasteiger charge is 2.20. The highest BCUT2D eigenvalue weighted by molar-refractivity contribution is 5.91. The molecular formula is C25H25FN4O2. The lowest BCUT2D eigenvalue weighted by Crippen LogP contribution is -2.13. The lowest BCUT2D eigenvalue weighted by Gasteiger charge is -2.14. The van der Waals surface area contributed by atoms with Gasteiger partial charge in [-0.2, -0.15) is 10.1 Å². The molecule has 4 aromatic rings. The number of halogens is 1. The van der Waals surface area contributed by atoms with E-state index in [1.807, 2.05) is 55.8 Å². The van der Waals surface area contributed by atoms with Crippen molar-refractivity contribution in [2.75, 3.05) is 11.9 Å². The first-order chi connectivity index (χ1) is 15.5. The molecule has 164 valence electrons. The number of nitrogens with zero attached hydrogens (tertiary/aromatic N) is 3. The second-order valence-corrected chi connectivity index (χ2v) is 7.54. The first-order valence-electron chi connectivity index (χ1n) is 10.6. The van der Waals surface area contributed by atoms with Crippen LogP contribution in [0.2, 0.25) is 0 Å². The molecule has 0 bridgehead atoms. The lowest BCUT2D eigenvalue weighted by molar-refractivity contribution is -0.116. The number of hydrogen-bond donors (Lipinski definition) is 1. The van der Waals surface area contributed by atoms with Gasteiger partial charge in [-0.05, 0) is 63.1 Å². The largest absolute Gasteiger partial charge is 0.478 e. The zero-order valence-electron chi connectivity index (χ0n) is 18.4. The molecule has 0 aliphatic rings. The van der Waals surface area contributed by atoms with Crippen molar-refractivity contribution in [2.24, 2.45) is 0 Å². The van der Waals surface area contributed by atoms with E-state index in [4.69, 9.17) is 14.8 Å². The van der Waals surface area contributed by atoms with Crippen LogP contribution in [0.25, 0.3) is 16.7 Å². The summed E-state index contributed by atoms with van der Waals surface area (Å²) in [5.41, 5.74) is 4.82. The maximum absolute atomic E-state index is 13.4. The molecule has 2 heterocycles. The van der Waals surface area contributed by atoms with Crippen molar-refractivity contribution in [3.05, 3.63) is 77.2 Å². The van der Waals surface area contributed by atoms with Crippen molar-refractivity contribution >= 4 is 22.6 Å². The van der Waals surface area contributed by atoms with Crippen molar-refractivity contribution < 1.29 is 13.9 Å². The van der Waals surface area contributed by atoms with Gasteiger partial charge in [-0.3, -0.25) is 4.79 Å². The summed E-state index contributed by atoms with van der Waals surface area (Å²) < 4.78 is 21.1. The SMILES string of the molecule is CCOc1nc2c(c(C)nn2-c2ccccc2)c(C)c1CCC(=O)Nc1cccc(F)c1. The highest BCUT2D eigenvalue weighted by atomic mass is 19.1. The Kier molecular flexibility index (Phi) is 6.16. The summed E-state index contributed by atoms with van der Waals surface area (Å²) in [6, 6.07) is 15.7. The van der Waals surface area contributed by atoms with E-state index in [0.717, 1.165) is 33.5 Å². The maximum Gasteiger partial charge on any atom is 0.224 e. The number of carbonyl (C=O) groups is 1. The predicted molar refractivity (Wildman–Crippen MR) is 123 cm³/mol. The Balaban J connectivity index is 1.66. The zero-order chi connectivity index (χ0) is 22.7. The second-order valence-electron chi connectivity index (χ2n) is 7.54. The molecule has 0 atom stereocenters. The minimum absolute atomic E-state index is 0.200. The molecule has 0 aliphatic heterocycles. The Hall–Kier alpha value is -3.74. The monoisotopic (exact) mass is 432 g/mol. The highest BCUT2D eigenvalue weighted by Crippen LogP contribution is 2.32. The number of aromatic nitrogens is 3. The van der Waals surface area contributed by atoms with E-state index >= 15 is 0 Å². The molecule has 4 rings (SSSR count). The third kappa shape index (κ3) is 4.32. The van der Waals surface area contributed by atoms with Crippen LogP contribution in [0.5, 0.6) is 5.88 Å². The van der Waals surface area contributed by atoms with Crippen LogP contribution in [0.3, 0.4) is 0 Å². The number of hydrogen-bond acceptors (Lipinski definition) is 4. The Morgan fingerprint density at radius 1 is 1.12 bits per heavy atom. The summed E-state index contributed by atoms with van der Waals surface area (Å²) in [6.07, 6.45) is 0.664. The van der Waals surface area contributed by atoms with Crippen LogP contribution in [0.15, 0.2) is 54.6 Å². The van der Waals surface area contributed by atoms with E-state index in [1.165, 1.54) is 12.1 Å². The molecule has 0 fully saturated rings. The van der Waals surface area contributed by atoms with E-state index in [0.29, 0.717) is 24.6 Å². The number of para-hydroxylation sites is 1. The van der Waals surface area contributed by atoms with Gasteiger partial charge in [0.15, 0.2) is 5.65 Å². The standard InChI is InChI=1S/C25H25FN4O2/c1-4-32-25-21(13-14-22(31)27-19-10-8-9-18(26)15-19)16(2)23-17(3)29-30(24(23)28-25)20-11-6-5-7-12-20/h5-12,15H,4,13-14H2,1-3H3,(H,27,31). The summed E-state index contributed by atoms with van der Waals surface area (Å²) in [4.78, 5) is 17.3. The van der Waals surface area contributed by atoms with Gasteiger partial charge in [0.25, 0.3) is 0 Å². The smallest absolute Gasteiger partial charge is 0.224 e. The lowest BCUT2D eigenvalue weighted by atomic mass is 10.0. The number of nitrogens with one attached hydrogen (secondary N) is 1. The van der Waals surface area contributed by atoms with Crippen molar-refractivity contribution in [3.63, 3.8) is 0 Å². The third-order valence-corrected chi connectivity index (χ3v) is 5.32. The van der Waals surface area contributed by atoms with Crippen molar-refractivity contribution in [2.45, 2.75) is 33.6 Å². The van der Waals surface area contributed by atoms with E-state index in [9.17, 15) is 9.18 Å². The van der Waals surface area contributed by atoms with Crippen LogP contribution in [-0.4, -0.2) is 27.3 Å². The molecule has 6 nitrogen and oxygen atoms in total. The number of pyridine rings is 1. The minimum Gasteiger partial charge on any atom is -0.478 e. The quantitative estimate of drug-likeness (QED) is 0.439. The molecule has 1 amide bonds. The average molecular weight is 432 g/mol. The molecule has 0 aliphatic carbocycles. The van der Waals surface area contributed by atoms with Gasteiger partial charge < -0.3 is 10.1 Å². The topological polar surface area (TPSA) is 69.0 Å². The van der Waals surface area contributed by atoms with Crippen LogP contribution >= 0.6 is 0 Å². The van der Waals surface area contributed by atoms with Gasteiger partial charge >= 0.3 is 0 Å². The molecule has 0 unspecified atom stereocenters. The zero-order valence-corrected chi connectivity index (χ0v) is 18.4. The molecule has 1 N–H and O–H groups in total. The van der Waals surface area contributed by atoms with Gasteiger partial charge in [-0.25, -0.2) is 9.07 Å². The number of amides is 1. The third-order valence-electron chi connectivity index (χ3n) is 5.32. The maximum atomic E-state index is 13.4. The molecular weight excluding hydrogens is 407 g/mol. The number of fused-ring (bicyclic) bond motifs is 1. The van der Waals surface area contributed by atoms with Crippen molar-refractivity contribution in [1.82, 2.24) is 14.8 Å². The van der Waals surface area contributed by atoms with Gasteiger partial charge in [-0.15, -0.1) is 0 Å². The predicted octanol–water partition coefficient (Wildman–Crippen LogP) is 5.15.